The Morgan fingerprint density at radius 1 is 1.14 bits per heavy atom. The van der Waals surface area contributed by atoms with Crippen LogP contribution in [0.3, 0.4) is 0 Å². The summed E-state index contributed by atoms with van der Waals surface area (Å²) in [5.41, 5.74) is 11.5. The fraction of sp³-hybridized carbons (Fsp3) is 0.276. The molecule has 1 aromatic carbocycles. The smallest absolute Gasteiger partial charge is 0.189 e. The largest absolute Gasteiger partial charge is 0.297 e. The van der Waals surface area contributed by atoms with Gasteiger partial charge in [0, 0.05) is 40.2 Å². The van der Waals surface area contributed by atoms with Gasteiger partial charge in [-0.1, -0.05) is 37.8 Å². The van der Waals surface area contributed by atoms with Gasteiger partial charge in [-0.3, -0.25) is 9.56 Å². The summed E-state index contributed by atoms with van der Waals surface area (Å²) < 4.78 is 17.6. The second-order valence-electron chi connectivity index (χ2n) is 9.17. The summed E-state index contributed by atoms with van der Waals surface area (Å²) >= 11 is 0. The molecule has 0 saturated carbocycles. The van der Waals surface area contributed by atoms with E-state index in [1.165, 1.54) is 28.3 Å². The van der Waals surface area contributed by atoms with E-state index in [0.717, 1.165) is 63.3 Å². The van der Waals surface area contributed by atoms with Gasteiger partial charge in [0.2, 0.25) is 0 Å². The number of rotatable bonds is 6. The number of allylic oxidation sites excluding steroid dienone is 1. The number of aromatic nitrogens is 4. The predicted octanol–water partition coefficient (Wildman–Crippen LogP) is 7.14. The van der Waals surface area contributed by atoms with Crippen molar-refractivity contribution in [3.63, 3.8) is 0 Å². The molecule has 1 atom stereocenters. The van der Waals surface area contributed by atoms with Crippen LogP contribution in [0.1, 0.15) is 56.4 Å². The lowest BCUT2D eigenvalue weighted by Crippen LogP contribution is -2.04. The van der Waals surface area contributed by atoms with Crippen molar-refractivity contribution >= 4 is 28.4 Å². The van der Waals surface area contributed by atoms with Crippen LogP contribution in [0.15, 0.2) is 60.0 Å². The molecule has 0 saturated heterocycles. The van der Waals surface area contributed by atoms with E-state index >= 15 is 0 Å². The molecule has 4 aromatic rings. The van der Waals surface area contributed by atoms with E-state index in [0.29, 0.717) is 0 Å². The van der Waals surface area contributed by atoms with Crippen molar-refractivity contribution in [2.75, 3.05) is 6.54 Å². The highest BCUT2D eigenvalue weighted by molar-refractivity contribution is 6.25. The summed E-state index contributed by atoms with van der Waals surface area (Å²) in [6.07, 6.45) is 7.30. The molecule has 0 bridgehead atoms. The van der Waals surface area contributed by atoms with E-state index in [2.05, 4.69) is 67.9 Å². The Hall–Kier alpha value is -3.80. The molecule has 3 aromatic heterocycles. The van der Waals surface area contributed by atoms with E-state index in [1.54, 1.807) is 6.20 Å². The Morgan fingerprint density at radius 2 is 1.94 bits per heavy atom. The minimum absolute atomic E-state index is 0.732. The van der Waals surface area contributed by atoms with Crippen LogP contribution in [0.2, 0.25) is 0 Å². The van der Waals surface area contributed by atoms with Crippen molar-refractivity contribution in [3.8, 4) is 16.8 Å². The molecule has 5 rings (SSSR count). The lowest BCUT2D eigenvalue weighted by atomic mass is 9.94. The zero-order valence-electron chi connectivity index (χ0n) is 20.9. The topological polar surface area (TPSA) is 48.0 Å². The molecule has 0 amide bonds. The second-order valence-corrected chi connectivity index (χ2v) is 9.17. The molecule has 178 valence electrons. The molecule has 1 aliphatic rings. The number of benzene rings is 1. The van der Waals surface area contributed by atoms with E-state index < -0.39 is 6.30 Å². The van der Waals surface area contributed by atoms with E-state index in [9.17, 15) is 4.39 Å². The van der Waals surface area contributed by atoms with Crippen molar-refractivity contribution < 1.29 is 4.39 Å². The van der Waals surface area contributed by atoms with Crippen LogP contribution in [0, 0.1) is 6.92 Å². The number of hydrogen-bond acceptors (Lipinski definition) is 3. The number of alkyl halides is 1. The van der Waals surface area contributed by atoms with Crippen molar-refractivity contribution in [3.05, 3.63) is 77.4 Å². The molecule has 4 heterocycles. The maximum atomic E-state index is 14.1. The quantitative estimate of drug-likeness (QED) is 0.303. The Bertz CT molecular complexity index is 1530. The number of fused-ring (bicyclic) bond motifs is 1. The van der Waals surface area contributed by atoms with Gasteiger partial charge in [0.05, 0.1) is 24.1 Å². The molecule has 35 heavy (non-hydrogen) atoms. The van der Waals surface area contributed by atoms with Gasteiger partial charge in [0.15, 0.2) is 6.30 Å². The number of hydrogen-bond donors (Lipinski definition) is 0. The SMILES string of the molecule is C=Cc1ccc(-c2cn(-c3cnn(C(C)F)c3C)c3ncc(C4=C(C)CN=C4C)cc23)c(CC)c1. The van der Waals surface area contributed by atoms with Crippen LogP contribution in [-0.2, 0) is 6.42 Å². The third-order valence-electron chi connectivity index (χ3n) is 6.93. The summed E-state index contributed by atoms with van der Waals surface area (Å²) in [5, 5.41) is 5.34. The third-order valence-corrected chi connectivity index (χ3v) is 6.93. The minimum Gasteiger partial charge on any atom is -0.297 e. The van der Waals surface area contributed by atoms with Crippen LogP contribution < -0.4 is 0 Å². The predicted molar refractivity (Wildman–Crippen MR) is 143 cm³/mol. The van der Waals surface area contributed by atoms with Gasteiger partial charge in [-0.15, -0.1) is 0 Å². The summed E-state index contributed by atoms with van der Waals surface area (Å²) in [5.74, 6) is 0. The van der Waals surface area contributed by atoms with Gasteiger partial charge in [-0.05, 0) is 62.4 Å². The molecule has 0 aliphatic carbocycles. The third kappa shape index (κ3) is 3.73. The first-order valence-electron chi connectivity index (χ1n) is 12.0. The van der Waals surface area contributed by atoms with Gasteiger partial charge in [-0.25, -0.2) is 14.1 Å². The standard InChI is InChI=1S/C29H30FN5/c1-7-21-9-10-24(22(8-2)11-21)26-16-34(27-15-33-35(19(27)5)20(6)30)29-25(26)12-23(14-32-29)28-17(3)13-31-18(28)4/h7,9-12,14-16,20H,1,8,13H2,2-6H3. The van der Waals surface area contributed by atoms with Crippen molar-refractivity contribution in [1.29, 1.82) is 0 Å². The minimum atomic E-state index is -1.21. The zero-order chi connectivity index (χ0) is 24.9. The zero-order valence-corrected chi connectivity index (χ0v) is 20.9. The average Bonchev–Trinajstić information content (AvgIpc) is 3.52. The highest BCUT2D eigenvalue weighted by atomic mass is 19.1. The molecule has 0 radical (unpaired) electrons. The molecule has 1 unspecified atom stereocenters. The number of nitrogens with zero attached hydrogens (tertiary/aromatic N) is 5. The summed E-state index contributed by atoms with van der Waals surface area (Å²) in [4.78, 5) is 9.55. The van der Waals surface area contributed by atoms with Crippen LogP contribution >= 0.6 is 0 Å². The lowest BCUT2D eigenvalue weighted by molar-refractivity contribution is 0.241. The first-order chi connectivity index (χ1) is 16.8. The molecular weight excluding hydrogens is 437 g/mol. The normalized spacial score (nSPS) is 14.6. The van der Waals surface area contributed by atoms with Gasteiger partial charge >= 0.3 is 0 Å². The molecular formula is C29H30FN5. The van der Waals surface area contributed by atoms with Gasteiger partial charge in [-0.2, -0.15) is 5.10 Å². The number of pyridine rings is 1. The van der Waals surface area contributed by atoms with Crippen molar-refractivity contribution in [1.82, 2.24) is 19.3 Å². The number of halogens is 1. The molecule has 1 aliphatic heterocycles. The maximum Gasteiger partial charge on any atom is 0.189 e. The monoisotopic (exact) mass is 467 g/mol. The molecule has 5 nitrogen and oxygen atoms in total. The Labute approximate surface area is 205 Å². The maximum absolute atomic E-state index is 14.1. The molecule has 0 N–H and O–H groups in total. The molecule has 0 spiro atoms. The summed E-state index contributed by atoms with van der Waals surface area (Å²) in [6.45, 7) is 14.4. The Kier molecular flexibility index (Phi) is 5.75. The van der Waals surface area contributed by atoms with Crippen LogP contribution in [0.4, 0.5) is 4.39 Å². The second kappa shape index (κ2) is 8.77. The highest BCUT2D eigenvalue weighted by Gasteiger charge is 2.22. The highest BCUT2D eigenvalue weighted by Crippen LogP contribution is 2.37. The Balaban J connectivity index is 1.80. The summed E-state index contributed by atoms with van der Waals surface area (Å²) in [6, 6.07) is 8.66. The summed E-state index contributed by atoms with van der Waals surface area (Å²) in [7, 11) is 0. The van der Waals surface area contributed by atoms with E-state index in [1.807, 2.05) is 23.8 Å². The van der Waals surface area contributed by atoms with Crippen molar-refractivity contribution in [2.45, 2.75) is 47.3 Å². The molecule has 6 heteroatoms. The Morgan fingerprint density at radius 3 is 2.57 bits per heavy atom. The fourth-order valence-corrected chi connectivity index (χ4v) is 5.11. The van der Waals surface area contributed by atoms with Crippen molar-refractivity contribution in [2.24, 2.45) is 4.99 Å². The van der Waals surface area contributed by atoms with Crippen LogP contribution in [0.5, 0.6) is 0 Å². The van der Waals surface area contributed by atoms with Crippen LogP contribution in [-0.4, -0.2) is 31.6 Å². The number of aliphatic imine (C=N–C) groups is 1. The van der Waals surface area contributed by atoms with Gasteiger partial charge in [0.1, 0.15) is 5.65 Å². The first-order valence-corrected chi connectivity index (χ1v) is 12.0. The van der Waals surface area contributed by atoms with E-state index in [-0.39, 0.29) is 0 Å². The molecule has 0 fully saturated rings. The van der Waals surface area contributed by atoms with E-state index in [4.69, 9.17) is 4.98 Å². The number of aryl methyl sites for hydroxylation is 1. The van der Waals surface area contributed by atoms with Gasteiger partial charge in [0.25, 0.3) is 0 Å². The fourth-order valence-electron chi connectivity index (χ4n) is 5.11. The lowest BCUT2D eigenvalue weighted by Gasteiger charge is -2.10. The average molecular weight is 468 g/mol. The van der Waals surface area contributed by atoms with Crippen LogP contribution in [0.25, 0.3) is 39.5 Å². The van der Waals surface area contributed by atoms with Gasteiger partial charge < -0.3 is 0 Å². The first kappa shape index (κ1) is 23.0.